The lowest BCUT2D eigenvalue weighted by Gasteiger charge is -2.08. The summed E-state index contributed by atoms with van der Waals surface area (Å²) < 4.78 is 20.9. The number of aryl methyl sites for hydroxylation is 1. The van der Waals surface area contributed by atoms with Gasteiger partial charge in [-0.15, -0.1) is 0 Å². The number of hydrogen-bond donors (Lipinski definition) is 1. The second kappa shape index (κ2) is 8.62. The molecule has 0 aliphatic carbocycles. The Morgan fingerprint density at radius 3 is 2.73 bits per heavy atom. The van der Waals surface area contributed by atoms with E-state index in [1.807, 2.05) is 24.3 Å². The Balaban J connectivity index is 1.49. The van der Waals surface area contributed by atoms with Crippen molar-refractivity contribution in [3.63, 3.8) is 0 Å². The number of nitrogens with zero attached hydrogens (tertiary/aromatic N) is 3. The summed E-state index contributed by atoms with van der Waals surface area (Å²) in [6, 6.07) is 15.8. The van der Waals surface area contributed by atoms with Crippen LogP contribution in [-0.2, 0) is 17.8 Å². The molecule has 152 valence electrons. The van der Waals surface area contributed by atoms with Crippen LogP contribution in [0.4, 0.5) is 10.1 Å². The summed E-state index contributed by atoms with van der Waals surface area (Å²) in [6.07, 6.45) is 2.72. The van der Waals surface area contributed by atoms with Gasteiger partial charge in [0.2, 0.25) is 11.7 Å². The predicted octanol–water partition coefficient (Wildman–Crippen LogP) is 5.31. The molecule has 2 aromatic carbocycles. The summed E-state index contributed by atoms with van der Waals surface area (Å²) in [4.78, 5) is 16.9. The van der Waals surface area contributed by atoms with Gasteiger partial charge in [0.05, 0.1) is 4.47 Å². The number of hydrogen-bond acceptors (Lipinski definition) is 4. The fraction of sp³-hybridized carbons (Fsp3) is 0.136. The third kappa shape index (κ3) is 4.33. The number of nitrogens with one attached hydrogen (secondary N) is 1. The molecule has 2 aromatic heterocycles. The fourth-order valence-corrected chi connectivity index (χ4v) is 3.38. The first-order valence-electron chi connectivity index (χ1n) is 9.37. The van der Waals surface area contributed by atoms with Crippen molar-refractivity contribution in [2.75, 3.05) is 5.32 Å². The van der Waals surface area contributed by atoms with Gasteiger partial charge in [0.25, 0.3) is 5.89 Å². The Hall–Kier alpha value is -3.26. The monoisotopic (exact) mass is 468 g/mol. The Bertz CT molecular complexity index is 1180. The van der Waals surface area contributed by atoms with E-state index in [9.17, 15) is 9.18 Å². The van der Waals surface area contributed by atoms with E-state index >= 15 is 0 Å². The molecule has 4 rings (SSSR count). The summed E-state index contributed by atoms with van der Waals surface area (Å²) in [6.45, 7) is 2.18. The van der Waals surface area contributed by atoms with E-state index in [0.717, 1.165) is 12.1 Å². The zero-order chi connectivity index (χ0) is 21.1. The normalized spacial score (nSPS) is 10.9. The van der Waals surface area contributed by atoms with Crippen LogP contribution >= 0.6 is 15.9 Å². The summed E-state index contributed by atoms with van der Waals surface area (Å²) >= 11 is 3.15. The SMILES string of the molecule is CCc1ccc(NC(=O)Cn2cccc2-c2nc(-c3ccc(F)c(Br)c3)no2)cc1. The summed E-state index contributed by atoms with van der Waals surface area (Å²) in [5.74, 6) is 0.0695. The summed E-state index contributed by atoms with van der Waals surface area (Å²) in [5, 5.41) is 6.86. The highest BCUT2D eigenvalue weighted by Crippen LogP contribution is 2.26. The van der Waals surface area contributed by atoms with Crippen LogP contribution in [0.15, 0.2) is 69.8 Å². The molecule has 6 nitrogen and oxygen atoms in total. The van der Waals surface area contributed by atoms with Gasteiger partial charge in [-0.05, 0) is 70.4 Å². The highest BCUT2D eigenvalue weighted by atomic mass is 79.9. The minimum Gasteiger partial charge on any atom is -0.334 e. The third-order valence-corrected chi connectivity index (χ3v) is 5.22. The van der Waals surface area contributed by atoms with Crippen molar-refractivity contribution in [2.24, 2.45) is 0 Å². The first-order valence-corrected chi connectivity index (χ1v) is 10.2. The van der Waals surface area contributed by atoms with Gasteiger partial charge >= 0.3 is 0 Å². The number of rotatable bonds is 6. The van der Waals surface area contributed by atoms with Crippen LogP contribution in [0.3, 0.4) is 0 Å². The lowest BCUT2D eigenvalue weighted by atomic mass is 10.1. The molecule has 0 saturated heterocycles. The number of carbonyl (C=O) groups is 1. The van der Waals surface area contributed by atoms with Gasteiger partial charge < -0.3 is 14.4 Å². The molecule has 0 atom stereocenters. The third-order valence-electron chi connectivity index (χ3n) is 4.61. The van der Waals surface area contributed by atoms with Crippen molar-refractivity contribution in [2.45, 2.75) is 19.9 Å². The fourth-order valence-electron chi connectivity index (χ4n) is 3.01. The zero-order valence-electron chi connectivity index (χ0n) is 16.1. The molecular weight excluding hydrogens is 451 g/mol. The van der Waals surface area contributed by atoms with Gasteiger partial charge in [0.1, 0.15) is 18.1 Å². The molecule has 30 heavy (non-hydrogen) atoms. The smallest absolute Gasteiger partial charge is 0.274 e. The molecule has 0 bridgehead atoms. The minimum absolute atomic E-state index is 0.0949. The minimum atomic E-state index is -0.369. The number of benzene rings is 2. The number of anilines is 1. The van der Waals surface area contributed by atoms with Gasteiger partial charge in [0, 0.05) is 17.4 Å². The summed E-state index contributed by atoms with van der Waals surface area (Å²) in [5.41, 5.74) is 3.19. The molecule has 0 fully saturated rings. The van der Waals surface area contributed by atoms with Crippen LogP contribution in [0, 0.1) is 5.82 Å². The van der Waals surface area contributed by atoms with Crippen molar-refractivity contribution in [1.82, 2.24) is 14.7 Å². The maximum atomic E-state index is 13.5. The number of carbonyl (C=O) groups excluding carboxylic acids is 1. The van der Waals surface area contributed by atoms with Crippen molar-refractivity contribution >= 4 is 27.5 Å². The average Bonchev–Trinajstić information content (AvgIpc) is 3.40. The molecule has 0 aliphatic rings. The maximum absolute atomic E-state index is 13.5. The van der Waals surface area contributed by atoms with Crippen molar-refractivity contribution in [1.29, 1.82) is 0 Å². The quantitative estimate of drug-likeness (QED) is 0.416. The molecule has 4 aromatic rings. The van der Waals surface area contributed by atoms with Crippen molar-refractivity contribution in [3.05, 3.63) is 76.6 Å². The lowest BCUT2D eigenvalue weighted by molar-refractivity contribution is -0.116. The van der Waals surface area contributed by atoms with Gasteiger partial charge in [0.15, 0.2) is 0 Å². The molecule has 8 heteroatoms. The van der Waals surface area contributed by atoms with E-state index < -0.39 is 0 Å². The molecule has 1 amide bonds. The molecule has 0 radical (unpaired) electrons. The van der Waals surface area contributed by atoms with E-state index in [-0.39, 0.29) is 24.2 Å². The van der Waals surface area contributed by atoms with E-state index in [1.165, 1.54) is 11.6 Å². The van der Waals surface area contributed by atoms with E-state index in [4.69, 9.17) is 4.52 Å². The average molecular weight is 469 g/mol. The van der Waals surface area contributed by atoms with Gasteiger partial charge in [-0.2, -0.15) is 4.98 Å². The highest BCUT2D eigenvalue weighted by Gasteiger charge is 2.16. The van der Waals surface area contributed by atoms with Crippen molar-refractivity contribution in [3.8, 4) is 23.0 Å². The first kappa shape index (κ1) is 20.0. The first-order chi connectivity index (χ1) is 14.5. The largest absolute Gasteiger partial charge is 0.334 e. The lowest BCUT2D eigenvalue weighted by Crippen LogP contribution is -2.18. The molecular formula is C22H18BrFN4O2. The molecule has 0 unspecified atom stereocenters. The predicted molar refractivity (Wildman–Crippen MR) is 115 cm³/mol. The zero-order valence-corrected chi connectivity index (χ0v) is 17.7. The maximum Gasteiger partial charge on any atom is 0.274 e. The molecule has 0 saturated carbocycles. The Kier molecular flexibility index (Phi) is 5.76. The second-order valence-electron chi connectivity index (χ2n) is 6.67. The Morgan fingerprint density at radius 1 is 1.20 bits per heavy atom. The van der Waals surface area contributed by atoms with Gasteiger partial charge in [-0.1, -0.05) is 24.2 Å². The number of halogens is 2. The standard InChI is InChI=1S/C22H18BrFN4O2/c1-2-14-5-8-16(9-6-14)25-20(29)13-28-11-3-4-19(28)22-26-21(27-30-22)15-7-10-18(24)17(23)12-15/h3-12H,2,13H2,1H3,(H,25,29). The topological polar surface area (TPSA) is 73.0 Å². The second-order valence-corrected chi connectivity index (χ2v) is 7.53. The van der Waals surface area contributed by atoms with E-state index in [0.29, 0.717) is 21.6 Å². The van der Waals surface area contributed by atoms with Crippen LogP contribution in [0.25, 0.3) is 23.0 Å². The van der Waals surface area contributed by atoms with E-state index in [1.54, 1.807) is 35.0 Å². The van der Waals surface area contributed by atoms with E-state index in [2.05, 4.69) is 38.3 Å². The van der Waals surface area contributed by atoms with Crippen LogP contribution in [0.5, 0.6) is 0 Å². The number of amides is 1. The molecule has 1 N–H and O–H groups in total. The van der Waals surface area contributed by atoms with Crippen molar-refractivity contribution < 1.29 is 13.7 Å². The molecule has 0 aliphatic heterocycles. The Morgan fingerprint density at radius 2 is 2.00 bits per heavy atom. The van der Waals surface area contributed by atoms with Crippen LogP contribution in [0.1, 0.15) is 12.5 Å². The molecule has 2 heterocycles. The number of aromatic nitrogens is 3. The van der Waals surface area contributed by atoms with Crippen LogP contribution in [0.2, 0.25) is 0 Å². The van der Waals surface area contributed by atoms with Crippen LogP contribution in [-0.4, -0.2) is 20.6 Å². The highest BCUT2D eigenvalue weighted by molar-refractivity contribution is 9.10. The Labute approximate surface area is 180 Å². The van der Waals surface area contributed by atoms with Crippen LogP contribution < -0.4 is 5.32 Å². The van der Waals surface area contributed by atoms with Gasteiger partial charge in [-0.3, -0.25) is 4.79 Å². The van der Waals surface area contributed by atoms with Gasteiger partial charge in [-0.25, -0.2) is 4.39 Å². The summed E-state index contributed by atoms with van der Waals surface area (Å²) in [7, 11) is 0. The molecule has 0 spiro atoms.